The summed E-state index contributed by atoms with van der Waals surface area (Å²) >= 11 is 0. The molecule has 0 unspecified atom stereocenters. The van der Waals surface area contributed by atoms with E-state index in [2.05, 4.69) is 91.7 Å². The predicted octanol–water partition coefficient (Wildman–Crippen LogP) is 5.29. The minimum absolute atomic E-state index is 1.73. The Labute approximate surface area is 163 Å². The van der Waals surface area contributed by atoms with Crippen molar-refractivity contribution < 1.29 is 20.6 Å². The molecule has 1 radical (unpaired) electrons. The summed E-state index contributed by atoms with van der Waals surface area (Å²) < 4.78 is 32.0. The van der Waals surface area contributed by atoms with E-state index in [-0.39, 0.29) is 0 Å². The largest absolute Gasteiger partial charge is 0.472 e. The third kappa shape index (κ3) is 13.8. The monoisotopic (exact) mass is 457 g/mol. The van der Waals surface area contributed by atoms with Crippen molar-refractivity contribution in [2.24, 2.45) is 0 Å². The van der Waals surface area contributed by atoms with Gasteiger partial charge in [-0.05, 0) is 85.1 Å². The lowest BCUT2D eigenvalue weighted by molar-refractivity contribution is 0.221. The Morgan fingerprint density at radius 3 is 0.840 bits per heavy atom. The van der Waals surface area contributed by atoms with E-state index in [0.717, 1.165) is 0 Å². The summed E-state index contributed by atoms with van der Waals surface area (Å²) in [5.41, 5.74) is 0. The lowest BCUT2D eigenvalue weighted by Crippen LogP contribution is -2.63. The summed E-state index contributed by atoms with van der Waals surface area (Å²) in [6.07, 6.45) is 0. The second-order valence-electron chi connectivity index (χ2n) is 10.3. The van der Waals surface area contributed by atoms with Gasteiger partial charge in [0, 0.05) is 6.55 Å². The summed E-state index contributed by atoms with van der Waals surface area (Å²) in [5, 5.41) is 0. The fourth-order valence-corrected chi connectivity index (χ4v) is 27.0. The second-order valence-corrected chi connectivity index (χ2v) is 34.1. The average Bonchev–Trinajstić information content (AvgIpc) is 1.97. The summed E-state index contributed by atoms with van der Waals surface area (Å²) in [5.74, 6) is 0. The highest BCUT2D eigenvalue weighted by Crippen LogP contribution is 2.28. The van der Waals surface area contributed by atoms with Gasteiger partial charge in [-0.1, -0.05) is 0 Å². The van der Waals surface area contributed by atoms with Gasteiger partial charge >= 0.3 is 25.9 Å². The van der Waals surface area contributed by atoms with Crippen LogP contribution in [0.15, 0.2) is 0 Å². The van der Waals surface area contributed by atoms with E-state index in [1.807, 2.05) is 0 Å². The molecule has 0 aromatic carbocycles. The highest BCUT2D eigenvalue weighted by Gasteiger charge is 2.51. The van der Waals surface area contributed by atoms with Crippen molar-refractivity contribution in [3.05, 3.63) is 6.55 Å². The Kier molecular flexibility index (Phi) is 8.59. The van der Waals surface area contributed by atoms with Gasteiger partial charge in [0.15, 0.2) is 25.0 Å². The van der Waals surface area contributed by atoms with E-state index < -0.39 is 50.9 Å². The predicted molar refractivity (Wildman–Crippen MR) is 122 cm³/mol. The lowest BCUT2D eigenvalue weighted by atomic mass is 11.8. The quantitative estimate of drug-likeness (QED) is 0.417. The molecule has 0 aromatic rings. The molecule has 0 spiro atoms. The Morgan fingerprint density at radius 1 is 0.400 bits per heavy atom. The fraction of sp³-hybridized carbons (Fsp3) is 0.929. The first kappa shape index (κ1) is 26.1. The fourth-order valence-electron chi connectivity index (χ4n) is 2.79. The second kappa shape index (κ2) is 8.23. The number of rotatable bonds is 10. The minimum atomic E-state index is -3.13. The molecule has 0 heterocycles. The van der Waals surface area contributed by atoms with Gasteiger partial charge in [0.2, 0.25) is 0 Å². The molecular formula is C14H41O5Si6. The maximum Gasteiger partial charge on any atom is 0.472 e. The SMILES string of the molecule is [CH2][Si](O[Si](C)(C)C)(O[Si](C)(C)O[Si](C)(C)C)O[Si](C)(C)O[Si](C)(C)C. The molecule has 0 fully saturated rings. The highest BCUT2D eigenvalue weighted by molar-refractivity contribution is 6.92. The smallest absolute Gasteiger partial charge is 0.437 e. The highest BCUT2D eigenvalue weighted by atomic mass is 28.5. The molecule has 0 aliphatic heterocycles. The third-order valence-corrected chi connectivity index (χ3v) is 21.3. The first-order valence-corrected chi connectivity index (χ1v) is 26.7. The van der Waals surface area contributed by atoms with Crippen LogP contribution < -0.4 is 0 Å². The van der Waals surface area contributed by atoms with E-state index in [1.165, 1.54) is 0 Å². The summed E-state index contributed by atoms with van der Waals surface area (Å²) in [4.78, 5) is 0. The van der Waals surface area contributed by atoms with Gasteiger partial charge in [-0.2, -0.15) is 0 Å². The van der Waals surface area contributed by atoms with Crippen LogP contribution in [-0.2, 0) is 20.6 Å². The topological polar surface area (TPSA) is 46.2 Å². The van der Waals surface area contributed by atoms with Crippen molar-refractivity contribution in [3.63, 3.8) is 0 Å². The number of hydrogen-bond donors (Lipinski definition) is 0. The van der Waals surface area contributed by atoms with Crippen LogP contribution in [0, 0.1) is 6.55 Å². The van der Waals surface area contributed by atoms with Crippen molar-refractivity contribution in [3.8, 4) is 0 Å². The van der Waals surface area contributed by atoms with E-state index in [9.17, 15) is 0 Å². The van der Waals surface area contributed by atoms with Crippen LogP contribution in [0.4, 0.5) is 0 Å². The Hall–Kier alpha value is 1.10. The summed E-state index contributed by atoms with van der Waals surface area (Å²) in [7, 11) is -13.3. The van der Waals surface area contributed by atoms with Crippen LogP contribution in [0.3, 0.4) is 0 Å². The number of hydrogen-bond acceptors (Lipinski definition) is 5. The van der Waals surface area contributed by atoms with Crippen LogP contribution in [0.25, 0.3) is 0 Å². The van der Waals surface area contributed by atoms with Crippen LogP contribution >= 0.6 is 0 Å². The van der Waals surface area contributed by atoms with Crippen LogP contribution in [0.2, 0.25) is 85.1 Å². The molecule has 11 heteroatoms. The van der Waals surface area contributed by atoms with Crippen molar-refractivity contribution in [1.29, 1.82) is 0 Å². The molecular weight excluding hydrogens is 417 g/mol. The molecule has 151 valence electrons. The normalized spacial score (nSPS) is 15.6. The third-order valence-electron chi connectivity index (χ3n) is 2.37. The van der Waals surface area contributed by atoms with Crippen molar-refractivity contribution in [2.45, 2.75) is 85.1 Å². The van der Waals surface area contributed by atoms with E-state index >= 15 is 0 Å². The molecule has 5 nitrogen and oxygen atoms in total. The van der Waals surface area contributed by atoms with Crippen molar-refractivity contribution in [1.82, 2.24) is 0 Å². The Morgan fingerprint density at radius 2 is 0.640 bits per heavy atom. The maximum atomic E-state index is 6.47. The summed E-state index contributed by atoms with van der Waals surface area (Å²) in [6, 6.07) is 0. The molecule has 25 heavy (non-hydrogen) atoms. The standard InChI is InChI=1S/C14H41O5Si6/c1-20(2,3)15-23(10,11)18-25(14,17-22(7,8)9)19-24(12,13)16-21(4,5)6/h14H2,1-13H3. The van der Waals surface area contributed by atoms with Crippen molar-refractivity contribution >= 4 is 50.9 Å². The van der Waals surface area contributed by atoms with Gasteiger partial charge < -0.3 is 20.6 Å². The van der Waals surface area contributed by atoms with Crippen LogP contribution in [-0.4, -0.2) is 50.9 Å². The molecule has 0 aliphatic carbocycles. The Balaban J connectivity index is 5.52. The van der Waals surface area contributed by atoms with E-state index in [4.69, 9.17) is 20.6 Å². The van der Waals surface area contributed by atoms with E-state index in [0.29, 0.717) is 0 Å². The first-order chi connectivity index (χ1) is 10.5. The van der Waals surface area contributed by atoms with Crippen molar-refractivity contribution in [2.75, 3.05) is 0 Å². The maximum absolute atomic E-state index is 6.47. The lowest BCUT2D eigenvalue weighted by Gasteiger charge is -2.43. The van der Waals surface area contributed by atoms with Gasteiger partial charge in [0.1, 0.15) is 0 Å². The van der Waals surface area contributed by atoms with Gasteiger partial charge in [0.25, 0.3) is 0 Å². The Bertz CT molecular complexity index is 406. The molecule has 0 bridgehead atoms. The molecule has 0 saturated carbocycles. The molecule has 0 saturated heterocycles. The van der Waals surface area contributed by atoms with Gasteiger partial charge in [0.05, 0.1) is 0 Å². The zero-order valence-corrected chi connectivity index (χ0v) is 24.7. The van der Waals surface area contributed by atoms with Crippen LogP contribution in [0.5, 0.6) is 0 Å². The molecule has 0 N–H and O–H groups in total. The van der Waals surface area contributed by atoms with E-state index in [1.54, 1.807) is 0 Å². The molecule has 0 atom stereocenters. The first-order valence-electron chi connectivity index (χ1n) is 8.89. The molecule has 0 rings (SSSR count). The molecule has 0 aliphatic rings. The van der Waals surface area contributed by atoms with Gasteiger partial charge in [-0.25, -0.2) is 0 Å². The van der Waals surface area contributed by atoms with Gasteiger partial charge in [-0.15, -0.1) is 0 Å². The molecule has 0 aromatic heterocycles. The molecule has 0 amide bonds. The zero-order chi connectivity index (χ0) is 20.5. The zero-order valence-electron chi connectivity index (χ0n) is 18.7. The average molecular weight is 458 g/mol. The van der Waals surface area contributed by atoms with Gasteiger partial charge in [-0.3, -0.25) is 0 Å². The minimum Gasteiger partial charge on any atom is -0.437 e. The van der Waals surface area contributed by atoms with Crippen LogP contribution in [0.1, 0.15) is 0 Å². The summed E-state index contributed by atoms with van der Waals surface area (Å²) in [6.45, 7) is 32.0.